The minimum atomic E-state index is -0.913. The number of ether oxygens (including phenoxy) is 1. The standard InChI is InChI=1S/C14H16N4O2S/c1-9(2)14(3,7-15)18-11(19)6-20-12-10-4-5-21-13(10)17-8-16-12/h4-5,8-9H,6H2,1-3H3,(H,18,19)/t14-/m0/s1. The van der Waals surface area contributed by atoms with Gasteiger partial charge in [0.25, 0.3) is 5.91 Å². The Labute approximate surface area is 126 Å². The molecule has 0 bridgehead atoms. The summed E-state index contributed by atoms with van der Waals surface area (Å²) < 4.78 is 5.44. The maximum atomic E-state index is 11.9. The lowest BCUT2D eigenvalue weighted by Crippen LogP contribution is -2.50. The first-order valence-corrected chi connectivity index (χ1v) is 7.37. The van der Waals surface area contributed by atoms with Crippen LogP contribution in [0.3, 0.4) is 0 Å². The lowest BCUT2D eigenvalue weighted by atomic mass is 9.90. The molecule has 0 aromatic carbocycles. The van der Waals surface area contributed by atoms with Crippen molar-refractivity contribution in [3.63, 3.8) is 0 Å². The van der Waals surface area contributed by atoms with Crippen LogP contribution >= 0.6 is 11.3 Å². The Hall–Kier alpha value is -2.20. The zero-order chi connectivity index (χ0) is 15.5. The van der Waals surface area contributed by atoms with Gasteiger partial charge in [-0.3, -0.25) is 4.79 Å². The largest absolute Gasteiger partial charge is 0.467 e. The number of carbonyl (C=O) groups excluding carboxylic acids is 1. The number of hydrogen-bond donors (Lipinski definition) is 1. The molecule has 1 atom stereocenters. The van der Waals surface area contributed by atoms with E-state index in [1.807, 2.05) is 25.3 Å². The number of carbonyl (C=O) groups is 1. The average Bonchev–Trinajstić information content (AvgIpc) is 2.93. The van der Waals surface area contributed by atoms with E-state index in [0.717, 1.165) is 10.2 Å². The van der Waals surface area contributed by atoms with Crippen molar-refractivity contribution in [1.29, 1.82) is 5.26 Å². The van der Waals surface area contributed by atoms with E-state index < -0.39 is 5.54 Å². The molecule has 2 rings (SSSR count). The molecule has 0 fully saturated rings. The smallest absolute Gasteiger partial charge is 0.259 e. The minimum Gasteiger partial charge on any atom is -0.467 e. The minimum absolute atomic E-state index is 0.00548. The van der Waals surface area contributed by atoms with Crippen LogP contribution in [0.15, 0.2) is 17.8 Å². The second kappa shape index (κ2) is 6.06. The van der Waals surface area contributed by atoms with Gasteiger partial charge >= 0.3 is 0 Å². The highest BCUT2D eigenvalue weighted by molar-refractivity contribution is 7.16. The fraction of sp³-hybridized carbons (Fsp3) is 0.429. The van der Waals surface area contributed by atoms with Gasteiger partial charge in [0.15, 0.2) is 6.61 Å². The van der Waals surface area contributed by atoms with Crippen LogP contribution in [0.25, 0.3) is 10.2 Å². The van der Waals surface area contributed by atoms with E-state index in [-0.39, 0.29) is 18.4 Å². The van der Waals surface area contributed by atoms with Gasteiger partial charge in [-0.25, -0.2) is 9.97 Å². The second-order valence-corrected chi connectivity index (χ2v) is 6.02. The first kappa shape index (κ1) is 15.2. The fourth-order valence-electron chi connectivity index (χ4n) is 1.64. The Balaban J connectivity index is 2.02. The Bertz CT molecular complexity index is 692. The number of nitrogens with zero attached hydrogens (tertiary/aromatic N) is 3. The first-order valence-electron chi connectivity index (χ1n) is 6.49. The molecule has 7 heteroatoms. The van der Waals surface area contributed by atoms with Crippen LogP contribution in [-0.2, 0) is 4.79 Å². The van der Waals surface area contributed by atoms with Crippen molar-refractivity contribution in [1.82, 2.24) is 15.3 Å². The number of amides is 1. The van der Waals surface area contributed by atoms with Crippen molar-refractivity contribution >= 4 is 27.5 Å². The number of nitrogens with one attached hydrogen (secondary N) is 1. The predicted molar refractivity (Wildman–Crippen MR) is 79.9 cm³/mol. The zero-order valence-electron chi connectivity index (χ0n) is 12.1. The first-order chi connectivity index (χ1) is 9.96. The van der Waals surface area contributed by atoms with Crippen molar-refractivity contribution < 1.29 is 9.53 Å². The van der Waals surface area contributed by atoms with Crippen LogP contribution < -0.4 is 10.1 Å². The Morgan fingerprint density at radius 3 is 3.00 bits per heavy atom. The number of nitriles is 1. The number of fused-ring (bicyclic) bond motifs is 1. The molecular weight excluding hydrogens is 288 g/mol. The van der Waals surface area contributed by atoms with E-state index in [1.165, 1.54) is 17.7 Å². The summed E-state index contributed by atoms with van der Waals surface area (Å²) in [6, 6.07) is 3.97. The molecule has 0 saturated carbocycles. The van der Waals surface area contributed by atoms with Crippen LogP contribution in [0, 0.1) is 17.2 Å². The van der Waals surface area contributed by atoms with Crippen molar-refractivity contribution in [2.45, 2.75) is 26.3 Å². The van der Waals surface area contributed by atoms with Gasteiger partial charge in [0.2, 0.25) is 5.88 Å². The highest BCUT2D eigenvalue weighted by atomic mass is 32.1. The quantitative estimate of drug-likeness (QED) is 0.914. The van der Waals surface area contributed by atoms with E-state index in [0.29, 0.717) is 5.88 Å². The average molecular weight is 304 g/mol. The summed E-state index contributed by atoms with van der Waals surface area (Å²) in [5.41, 5.74) is -0.913. The van der Waals surface area contributed by atoms with Crippen LogP contribution in [0.5, 0.6) is 5.88 Å². The molecule has 2 heterocycles. The molecule has 0 radical (unpaired) electrons. The normalized spacial score (nSPS) is 13.7. The molecule has 0 aliphatic heterocycles. The third kappa shape index (κ3) is 3.28. The second-order valence-electron chi connectivity index (χ2n) is 5.12. The molecular formula is C14H16N4O2S. The van der Waals surface area contributed by atoms with Crippen molar-refractivity contribution in [2.24, 2.45) is 5.92 Å². The molecule has 0 spiro atoms. The SMILES string of the molecule is CC(C)[C@](C)(C#N)NC(=O)COc1ncnc2sccc12. The highest BCUT2D eigenvalue weighted by Crippen LogP contribution is 2.25. The third-order valence-corrected chi connectivity index (χ3v) is 4.17. The molecule has 0 aliphatic rings. The zero-order valence-corrected chi connectivity index (χ0v) is 12.9. The van der Waals surface area contributed by atoms with E-state index in [2.05, 4.69) is 21.4 Å². The number of rotatable bonds is 5. The predicted octanol–water partition coefficient (Wildman–Crippen LogP) is 2.12. The topological polar surface area (TPSA) is 87.9 Å². The lowest BCUT2D eigenvalue weighted by molar-refractivity contribution is -0.124. The molecule has 21 heavy (non-hydrogen) atoms. The van der Waals surface area contributed by atoms with Crippen LogP contribution in [0.4, 0.5) is 0 Å². The summed E-state index contributed by atoms with van der Waals surface area (Å²) in [6.45, 7) is 5.26. The van der Waals surface area contributed by atoms with Crippen LogP contribution in [0.2, 0.25) is 0 Å². The molecule has 110 valence electrons. The summed E-state index contributed by atoms with van der Waals surface area (Å²) in [7, 11) is 0. The summed E-state index contributed by atoms with van der Waals surface area (Å²) in [5, 5.41) is 14.5. The number of hydrogen-bond acceptors (Lipinski definition) is 6. The van der Waals surface area contributed by atoms with Gasteiger partial charge in [0.1, 0.15) is 16.7 Å². The van der Waals surface area contributed by atoms with Crippen molar-refractivity contribution in [3.05, 3.63) is 17.8 Å². The maximum absolute atomic E-state index is 11.9. The lowest BCUT2D eigenvalue weighted by Gasteiger charge is -2.27. The summed E-state index contributed by atoms with van der Waals surface area (Å²) in [5.74, 6) is 0.0171. The monoisotopic (exact) mass is 304 g/mol. The highest BCUT2D eigenvalue weighted by Gasteiger charge is 2.30. The van der Waals surface area contributed by atoms with Gasteiger partial charge in [-0.15, -0.1) is 11.3 Å². The van der Waals surface area contributed by atoms with E-state index >= 15 is 0 Å². The van der Waals surface area contributed by atoms with Gasteiger partial charge in [-0.2, -0.15) is 5.26 Å². The molecule has 1 amide bonds. The van der Waals surface area contributed by atoms with Crippen molar-refractivity contribution in [3.8, 4) is 11.9 Å². The number of aromatic nitrogens is 2. The van der Waals surface area contributed by atoms with Gasteiger partial charge in [0, 0.05) is 0 Å². The van der Waals surface area contributed by atoms with Crippen LogP contribution in [-0.4, -0.2) is 28.0 Å². The van der Waals surface area contributed by atoms with Gasteiger partial charge in [-0.1, -0.05) is 13.8 Å². The Morgan fingerprint density at radius 2 is 2.33 bits per heavy atom. The molecule has 0 aliphatic carbocycles. The summed E-state index contributed by atoms with van der Waals surface area (Å²) in [4.78, 5) is 20.9. The van der Waals surface area contributed by atoms with Gasteiger partial charge < -0.3 is 10.1 Å². The Kier molecular flexibility index (Phi) is 4.38. The maximum Gasteiger partial charge on any atom is 0.259 e. The van der Waals surface area contributed by atoms with Crippen molar-refractivity contribution in [2.75, 3.05) is 6.61 Å². The fourth-order valence-corrected chi connectivity index (χ4v) is 2.37. The molecule has 6 nitrogen and oxygen atoms in total. The van der Waals surface area contributed by atoms with E-state index in [1.54, 1.807) is 6.92 Å². The molecule has 1 N–H and O–H groups in total. The van der Waals surface area contributed by atoms with Gasteiger partial charge in [-0.05, 0) is 24.3 Å². The summed E-state index contributed by atoms with van der Waals surface area (Å²) >= 11 is 1.48. The summed E-state index contributed by atoms with van der Waals surface area (Å²) in [6.07, 6.45) is 1.40. The third-order valence-electron chi connectivity index (χ3n) is 3.35. The number of thiophene rings is 1. The molecule has 2 aromatic rings. The Morgan fingerprint density at radius 1 is 1.57 bits per heavy atom. The van der Waals surface area contributed by atoms with Crippen LogP contribution in [0.1, 0.15) is 20.8 Å². The molecule has 0 unspecified atom stereocenters. The van der Waals surface area contributed by atoms with E-state index in [9.17, 15) is 10.1 Å². The van der Waals surface area contributed by atoms with E-state index in [4.69, 9.17) is 4.74 Å². The molecule has 2 aromatic heterocycles. The van der Waals surface area contributed by atoms with Gasteiger partial charge in [0.05, 0.1) is 11.5 Å². The molecule has 0 saturated heterocycles.